The molecule has 0 unspecified atom stereocenters. The fourth-order valence-electron chi connectivity index (χ4n) is 2.64. The number of rotatable bonds is 3. The Morgan fingerprint density at radius 1 is 1.06 bits per heavy atom. The van der Waals surface area contributed by atoms with Gasteiger partial charge in [-0.25, -0.2) is 0 Å². The first-order chi connectivity index (χ1) is 8.66. The quantitative estimate of drug-likeness (QED) is 0.733. The summed E-state index contributed by atoms with van der Waals surface area (Å²) in [5.41, 5.74) is 0. The maximum atomic E-state index is 12.1. The topological polar surface area (TPSA) is 38.8 Å². The molecule has 0 aromatic heterocycles. The molecule has 104 valence electrons. The van der Waals surface area contributed by atoms with E-state index in [4.69, 9.17) is 0 Å². The standard InChI is InChI=1S/C13H26N4O/c1-12(2)16-9-7-15(8-10-16)11-13(18)17-5-3-14-4-6-17/h12,14H,3-11H2,1-2H3. The van der Waals surface area contributed by atoms with Crippen LogP contribution < -0.4 is 5.32 Å². The Balaban J connectivity index is 1.72. The molecule has 0 atom stereocenters. The highest BCUT2D eigenvalue weighted by Gasteiger charge is 2.23. The Hall–Kier alpha value is -0.650. The van der Waals surface area contributed by atoms with Crippen LogP contribution in [0.2, 0.25) is 0 Å². The van der Waals surface area contributed by atoms with E-state index in [0.29, 0.717) is 18.5 Å². The summed E-state index contributed by atoms with van der Waals surface area (Å²) < 4.78 is 0. The van der Waals surface area contributed by atoms with Gasteiger partial charge in [-0.3, -0.25) is 14.6 Å². The van der Waals surface area contributed by atoms with Crippen LogP contribution in [0.3, 0.4) is 0 Å². The highest BCUT2D eigenvalue weighted by atomic mass is 16.2. The third kappa shape index (κ3) is 3.67. The molecule has 2 fully saturated rings. The summed E-state index contributed by atoms with van der Waals surface area (Å²) in [6.45, 7) is 12.9. The summed E-state index contributed by atoms with van der Waals surface area (Å²) in [4.78, 5) is 18.9. The number of nitrogens with one attached hydrogen (secondary N) is 1. The predicted octanol–water partition coefficient (Wildman–Crippen LogP) is -0.556. The summed E-state index contributed by atoms with van der Waals surface area (Å²) >= 11 is 0. The average Bonchev–Trinajstić information content (AvgIpc) is 2.40. The van der Waals surface area contributed by atoms with E-state index in [2.05, 4.69) is 29.0 Å². The monoisotopic (exact) mass is 254 g/mol. The Morgan fingerprint density at radius 2 is 1.67 bits per heavy atom. The van der Waals surface area contributed by atoms with Crippen molar-refractivity contribution in [1.29, 1.82) is 0 Å². The lowest BCUT2D eigenvalue weighted by Crippen LogP contribution is -2.53. The summed E-state index contributed by atoms with van der Waals surface area (Å²) in [5, 5.41) is 3.28. The Bertz CT molecular complexity index is 268. The molecule has 0 aromatic carbocycles. The lowest BCUT2D eigenvalue weighted by molar-refractivity contribution is -0.133. The summed E-state index contributed by atoms with van der Waals surface area (Å²) in [6, 6.07) is 0.621. The number of hydrogen-bond donors (Lipinski definition) is 1. The Kier molecular flexibility index (Phi) is 4.97. The van der Waals surface area contributed by atoms with Gasteiger partial charge < -0.3 is 10.2 Å². The maximum absolute atomic E-state index is 12.1. The second-order valence-electron chi connectivity index (χ2n) is 5.54. The van der Waals surface area contributed by atoms with E-state index < -0.39 is 0 Å². The molecule has 2 saturated heterocycles. The van der Waals surface area contributed by atoms with Crippen LogP contribution >= 0.6 is 0 Å². The van der Waals surface area contributed by atoms with Crippen molar-refractivity contribution in [3.8, 4) is 0 Å². The van der Waals surface area contributed by atoms with Gasteiger partial charge in [-0.15, -0.1) is 0 Å². The van der Waals surface area contributed by atoms with Crippen molar-refractivity contribution < 1.29 is 4.79 Å². The van der Waals surface area contributed by atoms with Crippen molar-refractivity contribution in [2.75, 3.05) is 58.9 Å². The Labute approximate surface area is 110 Å². The molecule has 1 N–H and O–H groups in total. The molecule has 5 heteroatoms. The van der Waals surface area contributed by atoms with E-state index >= 15 is 0 Å². The minimum atomic E-state index is 0.300. The summed E-state index contributed by atoms with van der Waals surface area (Å²) in [5.74, 6) is 0.300. The zero-order valence-corrected chi connectivity index (χ0v) is 11.7. The van der Waals surface area contributed by atoms with Crippen LogP contribution in [0.5, 0.6) is 0 Å². The van der Waals surface area contributed by atoms with Gasteiger partial charge in [0.2, 0.25) is 5.91 Å². The van der Waals surface area contributed by atoms with Gasteiger partial charge in [-0.2, -0.15) is 0 Å². The molecule has 0 aliphatic carbocycles. The summed E-state index contributed by atoms with van der Waals surface area (Å²) in [7, 11) is 0. The van der Waals surface area contributed by atoms with Crippen molar-refractivity contribution in [2.24, 2.45) is 0 Å². The molecule has 0 bridgehead atoms. The van der Waals surface area contributed by atoms with E-state index in [-0.39, 0.29) is 0 Å². The molecule has 1 amide bonds. The molecule has 0 radical (unpaired) electrons. The number of hydrogen-bond acceptors (Lipinski definition) is 4. The maximum Gasteiger partial charge on any atom is 0.236 e. The van der Waals surface area contributed by atoms with Crippen molar-refractivity contribution in [3.63, 3.8) is 0 Å². The SMILES string of the molecule is CC(C)N1CCN(CC(=O)N2CCNCC2)CC1. The summed E-state index contributed by atoms with van der Waals surface area (Å²) in [6.07, 6.45) is 0. The third-order valence-corrected chi connectivity index (χ3v) is 3.97. The van der Waals surface area contributed by atoms with E-state index in [1.54, 1.807) is 0 Å². The zero-order chi connectivity index (χ0) is 13.0. The smallest absolute Gasteiger partial charge is 0.236 e. The molecule has 2 heterocycles. The van der Waals surface area contributed by atoms with Crippen LogP contribution in [0.15, 0.2) is 0 Å². The molecule has 0 saturated carbocycles. The van der Waals surface area contributed by atoms with Gasteiger partial charge in [0.15, 0.2) is 0 Å². The van der Waals surface area contributed by atoms with Gasteiger partial charge in [0.1, 0.15) is 0 Å². The first-order valence-electron chi connectivity index (χ1n) is 7.11. The minimum absolute atomic E-state index is 0.300. The van der Waals surface area contributed by atoms with Crippen LogP contribution in [0.1, 0.15) is 13.8 Å². The first-order valence-corrected chi connectivity index (χ1v) is 7.11. The highest BCUT2D eigenvalue weighted by Crippen LogP contribution is 2.06. The van der Waals surface area contributed by atoms with Gasteiger partial charge in [0.25, 0.3) is 0 Å². The van der Waals surface area contributed by atoms with Gasteiger partial charge in [-0.1, -0.05) is 0 Å². The van der Waals surface area contributed by atoms with E-state index in [9.17, 15) is 4.79 Å². The van der Waals surface area contributed by atoms with Gasteiger partial charge >= 0.3 is 0 Å². The van der Waals surface area contributed by atoms with Crippen LogP contribution in [0.4, 0.5) is 0 Å². The third-order valence-electron chi connectivity index (χ3n) is 3.97. The van der Waals surface area contributed by atoms with E-state index in [1.165, 1.54) is 0 Å². The van der Waals surface area contributed by atoms with Crippen molar-refractivity contribution in [1.82, 2.24) is 20.0 Å². The van der Waals surface area contributed by atoms with E-state index in [1.807, 2.05) is 4.90 Å². The normalized spacial score (nSPS) is 23.6. The largest absolute Gasteiger partial charge is 0.339 e. The van der Waals surface area contributed by atoms with Gasteiger partial charge in [-0.05, 0) is 13.8 Å². The molecule has 0 spiro atoms. The fraction of sp³-hybridized carbons (Fsp3) is 0.923. The van der Waals surface area contributed by atoms with Crippen LogP contribution in [0.25, 0.3) is 0 Å². The Morgan fingerprint density at radius 3 is 2.22 bits per heavy atom. The molecule has 2 aliphatic heterocycles. The molecule has 18 heavy (non-hydrogen) atoms. The lowest BCUT2D eigenvalue weighted by Gasteiger charge is -2.37. The van der Waals surface area contributed by atoms with Gasteiger partial charge in [0, 0.05) is 58.4 Å². The first kappa shape index (κ1) is 13.8. The molecular formula is C13H26N4O. The highest BCUT2D eigenvalue weighted by molar-refractivity contribution is 5.78. The fourth-order valence-corrected chi connectivity index (χ4v) is 2.64. The number of carbonyl (C=O) groups excluding carboxylic acids is 1. The number of amides is 1. The average molecular weight is 254 g/mol. The molecule has 2 aliphatic rings. The number of piperazine rings is 2. The lowest BCUT2D eigenvalue weighted by atomic mass is 10.2. The van der Waals surface area contributed by atoms with E-state index in [0.717, 1.165) is 52.4 Å². The number of carbonyl (C=O) groups is 1. The molecule has 0 aromatic rings. The van der Waals surface area contributed by atoms with Crippen LogP contribution in [-0.4, -0.2) is 85.6 Å². The van der Waals surface area contributed by atoms with Crippen LogP contribution in [-0.2, 0) is 4.79 Å². The second-order valence-corrected chi connectivity index (χ2v) is 5.54. The van der Waals surface area contributed by atoms with Crippen molar-refractivity contribution in [3.05, 3.63) is 0 Å². The van der Waals surface area contributed by atoms with Crippen LogP contribution in [0, 0.1) is 0 Å². The van der Waals surface area contributed by atoms with Crippen molar-refractivity contribution >= 4 is 5.91 Å². The van der Waals surface area contributed by atoms with Crippen molar-refractivity contribution in [2.45, 2.75) is 19.9 Å². The molecule has 5 nitrogen and oxygen atoms in total. The minimum Gasteiger partial charge on any atom is -0.339 e. The number of nitrogens with zero attached hydrogens (tertiary/aromatic N) is 3. The molecular weight excluding hydrogens is 228 g/mol. The van der Waals surface area contributed by atoms with Gasteiger partial charge in [0.05, 0.1) is 6.54 Å². The molecule has 2 rings (SSSR count). The zero-order valence-electron chi connectivity index (χ0n) is 11.7. The second kappa shape index (κ2) is 6.50. The predicted molar refractivity (Wildman–Crippen MR) is 72.6 cm³/mol.